The fourth-order valence-electron chi connectivity index (χ4n) is 1.55. The van der Waals surface area contributed by atoms with Gasteiger partial charge in [-0.05, 0) is 19.1 Å². The maximum atomic E-state index is 12.7. The van der Waals surface area contributed by atoms with Gasteiger partial charge in [0.25, 0.3) is 6.36 Å². The Morgan fingerprint density at radius 2 is 1.86 bits per heavy atom. The van der Waals surface area contributed by atoms with Crippen molar-refractivity contribution in [3.8, 4) is 5.88 Å². The van der Waals surface area contributed by atoms with Gasteiger partial charge in [-0.25, -0.2) is 18.7 Å². The van der Waals surface area contributed by atoms with Gasteiger partial charge in [0.2, 0.25) is 5.88 Å². The smallest absolute Gasteiger partial charge is 0.304 e. The molecular formula is C13H14F3N5O. The minimum Gasteiger partial charge on any atom is -0.436 e. The molecule has 0 saturated carbocycles. The van der Waals surface area contributed by atoms with E-state index in [2.05, 4.69) is 30.2 Å². The molecule has 1 N–H and O–H groups in total. The lowest BCUT2D eigenvalue weighted by Crippen LogP contribution is -2.22. The Labute approximate surface area is 124 Å². The standard InChI is InChI=1S/C13H14F3N5O/c1-8(13-17-5-2-6-18-13)19-7-9-3-4-10(21-20-9)22-12(16)11(14)15/h2-6,8,11-12,19H,7H2,1H3/t8-,12?/m1/s1. The molecule has 0 fully saturated rings. The molecule has 2 aromatic rings. The van der Waals surface area contributed by atoms with E-state index in [1.807, 2.05) is 6.92 Å². The third kappa shape index (κ3) is 4.62. The van der Waals surface area contributed by atoms with Crippen LogP contribution in [-0.2, 0) is 6.54 Å². The van der Waals surface area contributed by atoms with E-state index in [0.717, 1.165) is 0 Å². The first kappa shape index (κ1) is 16.1. The molecule has 2 aromatic heterocycles. The summed E-state index contributed by atoms with van der Waals surface area (Å²) in [6, 6.07) is 4.40. The van der Waals surface area contributed by atoms with Crippen molar-refractivity contribution in [3.05, 3.63) is 42.1 Å². The highest BCUT2D eigenvalue weighted by Crippen LogP contribution is 2.13. The van der Waals surface area contributed by atoms with Gasteiger partial charge >= 0.3 is 6.43 Å². The van der Waals surface area contributed by atoms with Crippen LogP contribution in [0.25, 0.3) is 0 Å². The third-order valence-electron chi connectivity index (χ3n) is 2.69. The number of hydrogen-bond acceptors (Lipinski definition) is 6. The highest BCUT2D eigenvalue weighted by atomic mass is 19.3. The zero-order valence-corrected chi connectivity index (χ0v) is 11.7. The van der Waals surface area contributed by atoms with E-state index in [0.29, 0.717) is 18.1 Å². The molecule has 0 aromatic carbocycles. The van der Waals surface area contributed by atoms with Crippen LogP contribution in [0.3, 0.4) is 0 Å². The van der Waals surface area contributed by atoms with Crippen LogP contribution < -0.4 is 10.1 Å². The third-order valence-corrected chi connectivity index (χ3v) is 2.69. The maximum Gasteiger partial charge on any atom is 0.304 e. The maximum absolute atomic E-state index is 12.7. The Morgan fingerprint density at radius 3 is 2.45 bits per heavy atom. The van der Waals surface area contributed by atoms with E-state index in [4.69, 9.17) is 0 Å². The number of ether oxygens (including phenoxy) is 1. The largest absolute Gasteiger partial charge is 0.436 e. The minimum atomic E-state index is -3.23. The first-order chi connectivity index (χ1) is 10.6. The number of halogens is 3. The summed E-state index contributed by atoms with van der Waals surface area (Å²) in [4.78, 5) is 8.22. The van der Waals surface area contributed by atoms with Crippen molar-refractivity contribution in [1.29, 1.82) is 0 Å². The van der Waals surface area contributed by atoms with Crippen molar-refractivity contribution in [2.75, 3.05) is 0 Å². The van der Waals surface area contributed by atoms with Crippen molar-refractivity contribution >= 4 is 0 Å². The number of alkyl halides is 3. The summed E-state index contributed by atoms with van der Waals surface area (Å²) in [6.45, 7) is 2.25. The van der Waals surface area contributed by atoms with Crippen LogP contribution in [0.2, 0.25) is 0 Å². The van der Waals surface area contributed by atoms with E-state index in [1.165, 1.54) is 12.1 Å². The molecular weight excluding hydrogens is 299 g/mol. The first-order valence-electron chi connectivity index (χ1n) is 6.48. The predicted molar refractivity (Wildman–Crippen MR) is 70.8 cm³/mol. The molecule has 0 aliphatic rings. The van der Waals surface area contributed by atoms with Gasteiger partial charge in [-0.2, -0.15) is 9.49 Å². The van der Waals surface area contributed by atoms with Gasteiger partial charge in [0, 0.05) is 25.0 Å². The van der Waals surface area contributed by atoms with Gasteiger partial charge in [0.05, 0.1) is 11.7 Å². The summed E-state index contributed by atoms with van der Waals surface area (Å²) in [7, 11) is 0. The summed E-state index contributed by atoms with van der Waals surface area (Å²) in [5, 5.41) is 10.4. The highest BCUT2D eigenvalue weighted by Gasteiger charge is 2.21. The van der Waals surface area contributed by atoms with Crippen LogP contribution >= 0.6 is 0 Å². The zero-order chi connectivity index (χ0) is 15.9. The van der Waals surface area contributed by atoms with Gasteiger partial charge < -0.3 is 10.1 Å². The summed E-state index contributed by atoms with van der Waals surface area (Å²) < 4.78 is 41.0. The molecule has 9 heteroatoms. The Bertz CT molecular complexity index is 570. The molecule has 0 spiro atoms. The lowest BCUT2D eigenvalue weighted by atomic mass is 10.3. The van der Waals surface area contributed by atoms with Gasteiger partial charge in [-0.1, -0.05) is 0 Å². The van der Waals surface area contributed by atoms with Crippen molar-refractivity contribution < 1.29 is 17.9 Å². The fraction of sp³-hybridized carbons (Fsp3) is 0.385. The Hall–Kier alpha value is -2.29. The lowest BCUT2D eigenvalue weighted by molar-refractivity contribution is -0.0694. The number of hydrogen-bond donors (Lipinski definition) is 1. The molecule has 2 rings (SSSR count). The Balaban J connectivity index is 1.86. The normalized spacial score (nSPS) is 13.9. The van der Waals surface area contributed by atoms with Gasteiger partial charge in [0.1, 0.15) is 5.82 Å². The number of nitrogens with zero attached hydrogens (tertiary/aromatic N) is 4. The highest BCUT2D eigenvalue weighted by molar-refractivity contribution is 5.11. The second-order valence-corrected chi connectivity index (χ2v) is 4.38. The summed E-state index contributed by atoms with van der Waals surface area (Å²) in [5.41, 5.74) is 0.544. The van der Waals surface area contributed by atoms with E-state index in [1.54, 1.807) is 18.5 Å². The molecule has 118 valence electrons. The van der Waals surface area contributed by atoms with Crippen molar-refractivity contribution in [1.82, 2.24) is 25.5 Å². The van der Waals surface area contributed by atoms with Crippen molar-refractivity contribution in [3.63, 3.8) is 0 Å². The second-order valence-electron chi connectivity index (χ2n) is 4.38. The van der Waals surface area contributed by atoms with Crippen molar-refractivity contribution in [2.24, 2.45) is 0 Å². The Morgan fingerprint density at radius 1 is 1.14 bits per heavy atom. The first-order valence-corrected chi connectivity index (χ1v) is 6.48. The SMILES string of the molecule is C[C@@H](NCc1ccc(OC(F)C(F)F)nn1)c1ncccn1. The summed E-state index contributed by atoms with van der Waals surface area (Å²) in [5.74, 6) is 0.337. The summed E-state index contributed by atoms with van der Waals surface area (Å²) in [6.07, 6.45) is -2.66. The van der Waals surface area contributed by atoms with Crippen LogP contribution in [-0.4, -0.2) is 32.9 Å². The average molecular weight is 313 g/mol. The molecule has 0 radical (unpaired) electrons. The van der Waals surface area contributed by atoms with E-state index >= 15 is 0 Å². The average Bonchev–Trinajstić information content (AvgIpc) is 2.54. The molecule has 0 bridgehead atoms. The minimum absolute atomic E-state index is 0.104. The number of aromatic nitrogens is 4. The molecule has 1 unspecified atom stereocenters. The van der Waals surface area contributed by atoms with E-state index in [9.17, 15) is 13.2 Å². The molecule has 2 heterocycles. The van der Waals surface area contributed by atoms with Gasteiger partial charge in [0.15, 0.2) is 0 Å². The van der Waals surface area contributed by atoms with Gasteiger partial charge in [-0.15, -0.1) is 5.10 Å². The summed E-state index contributed by atoms with van der Waals surface area (Å²) >= 11 is 0. The molecule has 6 nitrogen and oxygen atoms in total. The number of nitrogens with one attached hydrogen (secondary N) is 1. The van der Waals surface area contributed by atoms with Crippen LogP contribution in [0, 0.1) is 0 Å². The molecule has 0 amide bonds. The van der Waals surface area contributed by atoms with Crippen LogP contribution in [0.1, 0.15) is 24.5 Å². The molecule has 2 atom stereocenters. The Kier molecular flexibility index (Phi) is 5.59. The monoisotopic (exact) mass is 313 g/mol. The molecule has 22 heavy (non-hydrogen) atoms. The molecule has 0 aliphatic heterocycles. The van der Waals surface area contributed by atoms with E-state index in [-0.39, 0.29) is 11.9 Å². The zero-order valence-electron chi connectivity index (χ0n) is 11.7. The fourth-order valence-corrected chi connectivity index (χ4v) is 1.55. The molecule has 0 saturated heterocycles. The topological polar surface area (TPSA) is 72.8 Å². The van der Waals surface area contributed by atoms with Gasteiger partial charge in [-0.3, -0.25) is 0 Å². The lowest BCUT2D eigenvalue weighted by Gasteiger charge is -2.12. The quantitative estimate of drug-likeness (QED) is 0.843. The van der Waals surface area contributed by atoms with Crippen LogP contribution in [0.4, 0.5) is 13.2 Å². The molecule has 0 aliphatic carbocycles. The predicted octanol–water partition coefficient (Wildman–Crippen LogP) is 2.06. The van der Waals surface area contributed by atoms with Crippen LogP contribution in [0.5, 0.6) is 5.88 Å². The number of rotatable bonds is 7. The van der Waals surface area contributed by atoms with E-state index < -0.39 is 12.8 Å². The van der Waals surface area contributed by atoms with Crippen LogP contribution in [0.15, 0.2) is 30.6 Å². The van der Waals surface area contributed by atoms with Crippen molar-refractivity contribution in [2.45, 2.75) is 32.3 Å². The second kappa shape index (κ2) is 7.64.